The summed E-state index contributed by atoms with van der Waals surface area (Å²) in [5.41, 5.74) is 0. The summed E-state index contributed by atoms with van der Waals surface area (Å²) in [6, 6.07) is 0. The molecule has 1 heteroatoms. The second-order valence-corrected chi connectivity index (χ2v) is 5.28. The molecule has 0 atom stereocenters. The average molecular weight is 258 g/mol. The highest BCUT2D eigenvalue weighted by atomic mass is 15.1. The Bertz CT molecular complexity index is 135. The summed E-state index contributed by atoms with van der Waals surface area (Å²) < 4.78 is 0. The molecule has 1 aliphatic rings. The van der Waals surface area contributed by atoms with Gasteiger partial charge in [0.05, 0.1) is 0 Å². The van der Waals surface area contributed by atoms with Gasteiger partial charge < -0.3 is 4.90 Å². The van der Waals surface area contributed by atoms with E-state index in [1.54, 1.807) is 0 Å². The van der Waals surface area contributed by atoms with E-state index in [1.165, 1.54) is 51.7 Å². The first-order chi connectivity index (χ1) is 8.72. The standard InChI is InChI=1S/C13H27N.2C2H6/c1-4-5-6-13-7-9-14(10-8-13)11-12(2)3;2*1-2/h12-13H,4-11H2,1-3H3;2*1-2H3. The Morgan fingerprint density at radius 2 is 1.50 bits per heavy atom. The van der Waals surface area contributed by atoms with Gasteiger partial charge in [0.15, 0.2) is 0 Å². The van der Waals surface area contributed by atoms with Crippen molar-refractivity contribution in [2.75, 3.05) is 19.6 Å². The third kappa shape index (κ3) is 11.1. The van der Waals surface area contributed by atoms with Crippen molar-refractivity contribution < 1.29 is 0 Å². The van der Waals surface area contributed by atoms with Crippen molar-refractivity contribution >= 4 is 0 Å². The summed E-state index contributed by atoms with van der Waals surface area (Å²) >= 11 is 0. The molecular weight excluding hydrogens is 218 g/mol. The zero-order chi connectivity index (χ0) is 14.4. The van der Waals surface area contributed by atoms with Gasteiger partial charge >= 0.3 is 0 Å². The molecule has 0 N–H and O–H groups in total. The van der Waals surface area contributed by atoms with Gasteiger partial charge in [-0.15, -0.1) is 0 Å². The lowest BCUT2D eigenvalue weighted by atomic mass is 9.91. The van der Waals surface area contributed by atoms with Crippen molar-refractivity contribution in [1.82, 2.24) is 4.90 Å². The van der Waals surface area contributed by atoms with E-state index in [-0.39, 0.29) is 0 Å². The molecule has 1 aliphatic heterocycles. The lowest BCUT2D eigenvalue weighted by molar-refractivity contribution is 0.162. The van der Waals surface area contributed by atoms with Gasteiger partial charge in [0.25, 0.3) is 0 Å². The third-order valence-electron chi connectivity index (χ3n) is 3.30. The second-order valence-electron chi connectivity index (χ2n) is 5.28. The maximum absolute atomic E-state index is 2.65. The van der Waals surface area contributed by atoms with Crippen LogP contribution in [0.1, 0.15) is 80.6 Å². The maximum atomic E-state index is 2.65. The number of hydrogen-bond acceptors (Lipinski definition) is 1. The van der Waals surface area contributed by atoms with Gasteiger partial charge in [0.2, 0.25) is 0 Å². The Morgan fingerprint density at radius 1 is 1.00 bits per heavy atom. The smallest absolute Gasteiger partial charge is 0.000439 e. The Labute approximate surface area is 117 Å². The zero-order valence-electron chi connectivity index (χ0n) is 14.3. The highest BCUT2D eigenvalue weighted by molar-refractivity contribution is 4.72. The number of nitrogens with zero attached hydrogens (tertiary/aromatic N) is 1. The maximum Gasteiger partial charge on any atom is 0.000439 e. The van der Waals surface area contributed by atoms with Gasteiger partial charge in [0.1, 0.15) is 0 Å². The molecule has 0 aromatic heterocycles. The van der Waals surface area contributed by atoms with Crippen molar-refractivity contribution in [2.45, 2.75) is 80.6 Å². The van der Waals surface area contributed by atoms with Crippen molar-refractivity contribution in [3.8, 4) is 0 Å². The lowest BCUT2D eigenvalue weighted by Gasteiger charge is -2.32. The molecule has 1 fully saturated rings. The van der Waals surface area contributed by atoms with E-state index in [1.807, 2.05) is 27.7 Å². The van der Waals surface area contributed by atoms with Crippen LogP contribution in [-0.2, 0) is 0 Å². The van der Waals surface area contributed by atoms with Gasteiger partial charge in [-0.05, 0) is 37.8 Å². The van der Waals surface area contributed by atoms with Gasteiger partial charge in [-0.1, -0.05) is 67.7 Å². The summed E-state index contributed by atoms with van der Waals surface area (Å²) in [4.78, 5) is 2.65. The van der Waals surface area contributed by atoms with E-state index in [0.717, 1.165) is 11.8 Å². The molecule has 1 heterocycles. The van der Waals surface area contributed by atoms with E-state index in [2.05, 4.69) is 25.7 Å². The van der Waals surface area contributed by atoms with Crippen LogP contribution in [0.4, 0.5) is 0 Å². The average Bonchev–Trinajstić information content (AvgIpc) is 2.42. The molecule has 112 valence electrons. The molecule has 0 saturated carbocycles. The Kier molecular flexibility index (Phi) is 16.9. The summed E-state index contributed by atoms with van der Waals surface area (Å²) in [5, 5.41) is 0. The van der Waals surface area contributed by atoms with Crippen LogP contribution >= 0.6 is 0 Å². The van der Waals surface area contributed by atoms with Gasteiger partial charge in [-0.25, -0.2) is 0 Å². The molecule has 0 radical (unpaired) electrons. The first-order valence-corrected chi connectivity index (χ1v) is 8.44. The topological polar surface area (TPSA) is 3.24 Å². The van der Waals surface area contributed by atoms with Crippen LogP contribution in [0.25, 0.3) is 0 Å². The molecule has 1 nitrogen and oxygen atoms in total. The van der Waals surface area contributed by atoms with Gasteiger partial charge in [-0.3, -0.25) is 0 Å². The molecule has 0 aromatic rings. The molecule has 0 aliphatic carbocycles. The fourth-order valence-electron chi connectivity index (χ4n) is 2.47. The van der Waals surface area contributed by atoms with E-state index >= 15 is 0 Å². The largest absolute Gasteiger partial charge is 0.303 e. The van der Waals surface area contributed by atoms with Crippen LogP contribution in [0.15, 0.2) is 0 Å². The normalized spacial score (nSPS) is 16.7. The summed E-state index contributed by atoms with van der Waals surface area (Å²) in [7, 11) is 0. The number of unbranched alkanes of at least 4 members (excludes halogenated alkanes) is 1. The number of rotatable bonds is 5. The predicted octanol–water partition coefficient (Wildman–Crippen LogP) is 5.60. The molecule has 0 bridgehead atoms. The lowest BCUT2D eigenvalue weighted by Crippen LogP contribution is -2.36. The van der Waals surface area contributed by atoms with Crippen molar-refractivity contribution in [3.63, 3.8) is 0 Å². The first kappa shape index (κ1) is 20.3. The number of hydrogen-bond donors (Lipinski definition) is 0. The minimum Gasteiger partial charge on any atom is -0.303 e. The van der Waals surface area contributed by atoms with Crippen molar-refractivity contribution in [3.05, 3.63) is 0 Å². The van der Waals surface area contributed by atoms with Crippen LogP contribution in [0.5, 0.6) is 0 Å². The van der Waals surface area contributed by atoms with E-state index < -0.39 is 0 Å². The fraction of sp³-hybridized carbons (Fsp3) is 1.00. The van der Waals surface area contributed by atoms with Gasteiger partial charge in [0, 0.05) is 6.54 Å². The summed E-state index contributed by atoms with van der Waals surface area (Å²) in [6.45, 7) is 19.0. The van der Waals surface area contributed by atoms with Crippen LogP contribution < -0.4 is 0 Å². The number of likely N-dealkylation sites (tertiary alicyclic amines) is 1. The molecule has 0 unspecified atom stereocenters. The van der Waals surface area contributed by atoms with E-state index in [9.17, 15) is 0 Å². The minimum atomic E-state index is 0.835. The molecule has 1 saturated heterocycles. The molecule has 1 rings (SSSR count). The van der Waals surface area contributed by atoms with Crippen LogP contribution in [0, 0.1) is 11.8 Å². The van der Waals surface area contributed by atoms with Crippen LogP contribution in [0.2, 0.25) is 0 Å². The van der Waals surface area contributed by atoms with E-state index in [0.29, 0.717) is 0 Å². The molecular formula is C17H39N. The summed E-state index contributed by atoms with van der Waals surface area (Å²) in [5.74, 6) is 1.88. The third-order valence-corrected chi connectivity index (χ3v) is 3.30. The molecule has 0 aromatic carbocycles. The predicted molar refractivity (Wildman–Crippen MR) is 86.2 cm³/mol. The quantitative estimate of drug-likeness (QED) is 0.620. The first-order valence-electron chi connectivity index (χ1n) is 8.44. The molecule has 0 amide bonds. The highest BCUT2D eigenvalue weighted by Crippen LogP contribution is 2.22. The molecule has 18 heavy (non-hydrogen) atoms. The van der Waals surface area contributed by atoms with Crippen molar-refractivity contribution in [2.24, 2.45) is 11.8 Å². The fourth-order valence-corrected chi connectivity index (χ4v) is 2.47. The van der Waals surface area contributed by atoms with Crippen LogP contribution in [-0.4, -0.2) is 24.5 Å². The number of piperidine rings is 1. The SMILES string of the molecule is CC.CC.CCCCC1CCN(CC(C)C)CC1. The Morgan fingerprint density at radius 3 is 1.89 bits per heavy atom. The monoisotopic (exact) mass is 257 g/mol. The Balaban J connectivity index is 0. The Hall–Kier alpha value is -0.0400. The zero-order valence-corrected chi connectivity index (χ0v) is 14.3. The van der Waals surface area contributed by atoms with Crippen molar-refractivity contribution in [1.29, 1.82) is 0 Å². The van der Waals surface area contributed by atoms with Crippen LogP contribution in [0.3, 0.4) is 0 Å². The van der Waals surface area contributed by atoms with E-state index in [4.69, 9.17) is 0 Å². The highest BCUT2D eigenvalue weighted by Gasteiger charge is 2.18. The minimum absolute atomic E-state index is 0.835. The molecule has 0 spiro atoms. The van der Waals surface area contributed by atoms with Gasteiger partial charge in [-0.2, -0.15) is 0 Å². The summed E-state index contributed by atoms with van der Waals surface area (Å²) in [6.07, 6.45) is 7.19. The second kappa shape index (κ2) is 15.0.